The molecule has 0 radical (unpaired) electrons. The van der Waals surface area contributed by atoms with Gasteiger partial charge < -0.3 is 19.5 Å². The maximum absolute atomic E-state index is 12.1. The van der Waals surface area contributed by atoms with Crippen LogP contribution in [0.5, 0.6) is 0 Å². The first-order valence-corrected chi connectivity index (χ1v) is 6.72. The predicted octanol–water partition coefficient (Wildman–Crippen LogP) is -0.0149. The zero-order chi connectivity index (χ0) is 13.7. The van der Waals surface area contributed by atoms with Crippen molar-refractivity contribution in [3.8, 4) is 0 Å². The minimum atomic E-state index is -0.0220. The maximum Gasteiger partial charge on any atom is 0.293 e. The predicted molar refractivity (Wildman–Crippen MR) is 74.6 cm³/mol. The van der Waals surface area contributed by atoms with Crippen molar-refractivity contribution in [3.63, 3.8) is 0 Å². The minimum Gasteiger partial charge on any atom is -0.383 e. The van der Waals surface area contributed by atoms with E-state index >= 15 is 0 Å². The van der Waals surface area contributed by atoms with Crippen LogP contribution >= 0.6 is 0 Å². The summed E-state index contributed by atoms with van der Waals surface area (Å²) < 4.78 is 6.59. The van der Waals surface area contributed by atoms with Gasteiger partial charge >= 0.3 is 0 Å². The lowest BCUT2D eigenvalue weighted by atomic mass is 10.2. The van der Waals surface area contributed by atoms with Crippen molar-refractivity contribution in [1.29, 1.82) is 0 Å². The van der Waals surface area contributed by atoms with E-state index in [0.29, 0.717) is 18.5 Å². The Kier molecular flexibility index (Phi) is 4.93. The van der Waals surface area contributed by atoms with E-state index in [1.54, 1.807) is 31.1 Å². The van der Waals surface area contributed by atoms with Gasteiger partial charge in [-0.25, -0.2) is 4.98 Å². The van der Waals surface area contributed by atoms with Gasteiger partial charge in [-0.2, -0.15) is 0 Å². The second-order valence-electron chi connectivity index (χ2n) is 4.85. The Morgan fingerprint density at radius 1 is 1.58 bits per heavy atom. The molecule has 1 aliphatic rings. The monoisotopic (exact) mass is 266 g/mol. The van der Waals surface area contributed by atoms with Crippen molar-refractivity contribution in [2.24, 2.45) is 7.05 Å². The third kappa shape index (κ3) is 3.33. The molecule has 2 rings (SSSR count). The number of aryl methyl sites for hydroxylation is 1. The molecule has 2 heterocycles. The molecule has 1 unspecified atom stereocenters. The minimum absolute atomic E-state index is 0.0220. The average molecular weight is 266 g/mol. The van der Waals surface area contributed by atoms with Crippen molar-refractivity contribution in [1.82, 2.24) is 14.9 Å². The number of hydrogen-bond donors (Lipinski definition) is 1. The fourth-order valence-corrected chi connectivity index (χ4v) is 2.45. The smallest absolute Gasteiger partial charge is 0.293 e. The fraction of sp³-hybridized carbons (Fsp3) is 0.692. The summed E-state index contributed by atoms with van der Waals surface area (Å²) in [4.78, 5) is 18.5. The first-order valence-electron chi connectivity index (χ1n) is 6.72. The Balaban J connectivity index is 2.02. The first-order chi connectivity index (χ1) is 9.24. The lowest BCUT2D eigenvalue weighted by Gasteiger charge is -2.25. The van der Waals surface area contributed by atoms with Crippen LogP contribution in [0.3, 0.4) is 0 Å². The summed E-state index contributed by atoms with van der Waals surface area (Å²) in [5.41, 5.74) is -0.0220. The van der Waals surface area contributed by atoms with Gasteiger partial charge in [-0.3, -0.25) is 4.79 Å². The van der Waals surface area contributed by atoms with Crippen LogP contribution in [0.15, 0.2) is 17.2 Å². The highest BCUT2D eigenvalue weighted by Crippen LogP contribution is 2.20. The molecule has 1 fully saturated rings. The zero-order valence-electron chi connectivity index (χ0n) is 11.6. The summed E-state index contributed by atoms with van der Waals surface area (Å²) in [5.74, 6) is 0.570. The van der Waals surface area contributed by atoms with Gasteiger partial charge in [-0.05, 0) is 12.8 Å². The Labute approximate surface area is 113 Å². The van der Waals surface area contributed by atoms with Crippen LogP contribution in [0, 0.1) is 0 Å². The SMILES string of the molecule is COCCNCC1CCCN1c1nccn(C)c1=O. The molecule has 6 nitrogen and oxygen atoms in total. The number of aromatic nitrogens is 2. The lowest BCUT2D eigenvalue weighted by molar-refractivity contribution is 0.199. The standard InChI is InChI=1S/C13H22N4O2/c1-16-8-5-15-12(13(16)18)17-7-3-4-11(17)10-14-6-9-19-2/h5,8,11,14H,3-4,6-7,9-10H2,1-2H3. The Morgan fingerprint density at radius 2 is 2.42 bits per heavy atom. The molecule has 0 aliphatic carbocycles. The quantitative estimate of drug-likeness (QED) is 0.734. The van der Waals surface area contributed by atoms with Crippen molar-refractivity contribution < 1.29 is 4.74 Å². The average Bonchev–Trinajstić information content (AvgIpc) is 2.86. The number of nitrogens with one attached hydrogen (secondary N) is 1. The van der Waals surface area contributed by atoms with Gasteiger partial charge in [0.1, 0.15) is 0 Å². The molecule has 0 bridgehead atoms. The highest BCUT2D eigenvalue weighted by molar-refractivity contribution is 5.38. The highest BCUT2D eigenvalue weighted by atomic mass is 16.5. The van der Waals surface area contributed by atoms with Gasteiger partial charge in [-0.15, -0.1) is 0 Å². The van der Waals surface area contributed by atoms with Crippen LogP contribution in [0.1, 0.15) is 12.8 Å². The third-order valence-electron chi connectivity index (χ3n) is 3.51. The van der Waals surface area contributed by atoms with Crippen LogP contribution < -0.4 is 15.8 Å². The van der Waals surface area contributed by atoms with Crippen molar-refractivity contribution in [2.45, 2.75) is 18.9 Å². The van der Waals surface area contributed by atoms with Gasteiger partial charge in [0.05, 0.1) is 6.61 Å². The summed E-state index contributed by atoms with van der Waals surface area (Å²) in [6, 6.07) is 0.347. The molecule has 0 spiro atoms. The van der Waals surface area contributed by atoms with Crippen LogP contribution in [0.4, 0.5) is 5.82 Å². The second kappa shape index (κ2) is 6.68. The van der Waals surface area contributed by atoms with Crippen LogP contribution in [0.2, 0.25) is 0 Å². The van der Waals surface area contributed by atoms with Crippen LogP contribution in [-0.4, -0.2) is 48.9 Å². The summed E-state index contributed by atoms with van der Waals surface area (Å²) in [5, 5.41) is 3.36. The van der Waals surface area contributed by atoms with Gasteiger partial charge in [0.15, 0.2) is 5.82 Å². The number of anilines is 1. The number of nitrogens with zero attached hydrogens (tertiary/aromatic N) is 3. The molecule has 1 aliphatic heterocycles. The highest BCUT2D eigenvalue weighted by Gasteiger charge is 2.27. The molecule has 1 atom stereocenters. The zero-order valence-corrected chi connectivity index (χ0v) is 11.6. The molecular formula is C13H22N4O2. The first kappa shape index (κ1) is 14.0. The third-order valence-corrected chi connectivity index (χ3v) is 3.51. The Morgan fingerprint density at radius 3 is 3.21 bits per heavy atom. The van der Waals surface area contributed by atoms with Crippen molar-refractivity contribution in [3.05, 3.63) is 22.7 Å². The van der Waals surface area contributed by atoms with E-state index in [9.17, 15) is 4.79 Å². The Hall–Kier alpha value is -1.40. The van der Waals surface area contributed by atoms with E-state index in [1.807, 2.05) is 0 Å². The molecule has 106 valence electrons. The molecule has 1 N–H and O–H groups in total. The molecule has 0 amide bonds. The van der Waals surface area contributed by atoms with Crippen molar-refractivity contribution >= 4 is 5.82 Å². The molecule has 6 heteroatoms. The van der Waals surface area contributed by atoms with E-state index in [0.717, 1.165) is 32.5 Å². The number of ether oxygens (including phenoxy) is 1. The van der Waals surface area contributed by atoms with E-state index in [2.05, 4.69) is 15.2 Å². The van der Waals surface area contributed by atoms with Crippen molar-refractivity contribution in [2.75, 3.05) is 38.3 Å². The summed E-state index contributed by atoms with van der Waals surface area (Å²) in [7, 11) is 3.45. The van der Waals surface area contributed by atoms with E-state index in [-0.39, 0.29) is 5.56 Å². The topological polar surface area (TPSA) is 59.4 Å². The molecule has 1 aromatic heterocycles. The summed E-state index contributed by atoms with van der Waals surface area (Å²) >= 11 is 0. The van der Waals surface area contributed by atoms with Gasteiger partial charge in [0.2, 0.25) is 0 Å². The largest absolute Gasteiger partial charge is 0.383 e. The molecule has 19 heavy (non-hydrogen) atoms. The van der Waals surface area contributed by atoms with E-state index in [4.69, 9.17) is 4.74 Å². The Bertz CT molecular complexity index is 460. The molecule has 1 aromatic rings. The summed E-state index contributed by atoms with van der Waals surface area (Å²) in [6.07, 6.45) is 5.58. The number of rotatable bonds is 6. The van der Waals surface area contributed by atoms with E-state index in [1.165, 1.54) is 0 Å². The number of hydrogen-bond acceptors (Lipinski definition) is 5. The molecule has 0 aromatic carbocycles. The van der Waals surface area contributed by atoms with Gasteiger partial charge in [0.25, 0.3) is 5.56 Å². The van der Waals surface area contributed by atoms with Gasteiger partial charge in [-0.1, -0.05) is 0 Å². The normalized spacial score (nSPS) is 19.1. The van der Waals surface area contributed by atoms with Crippen LogP contribution in [0.25, 0.3) is 0 Å². The van der Waals surface area contributed by atoms with E-state index < -0.39 is 0 Å². The summed E-state index contributed by atoms with van der Waals surface area (Å²) in [6.45, 7) is 3.31. The second-order valence-corrected chi connectivity index (χ2v) is 4.85. The van der Waals surface area contributed by atoms with Crippen LogP contribution in [-0.2, 0) is 11.8 Å². The fourth-order valence-electron chi connectivity index (χ4n) is 2.45. The molecule has 0 saturated carbocycles. The maximum atomic E-state index is 12.1. The molecular weight excluding hydrogens is 244 g/mol. The molecule has 1 saturated heterocycles. The number of methoxy groups -OCH3 is 1. The van der Waals surface area contributed by atoms with Gasteiger partial charge in [0, 0.05) is 52.2 Å². The lowest BCUT2D eigenvalue weighted by Crippen LogP contribution is -2.42.